The quantitative estimate of drug-likeness (QED) is 0.711. The number of carbonyl (C=O) groups excluding carboxylic acids is 1. The van der Waals surface area contributed by atoms with Gasteiger partial charge in [0.15, 0.2) is 5.69 Å². The number of rotatable bonds is 8. The van der Waals surface area contributed by atoms with Gasteiger partial charge < -0.3 is 10.4 Å². The van der Waals surface area contributed by atoms with Crippen molar-refractivity contribution in [3.05, 3.63) is 16.1 Å². The first-order valence-electron chi connectivity index (χ1n) is 5.57. The second kappa shape index (κ2) is 8.10. The summed E-state index contributed by atoms with van der Waals surface area (Å²) in [6.45, 7) is 0.505. The molecule has 0 spiro atoms. The Morgan fingerprint density at radius 1 is 1.56 bits per heavy atom. The van der Waals surface area contributed by atoms with Crippen molar-refractivity contribution in [2.24, 2.45) is 0 Å². The monoisotopic (exact) mass is 288 g/mol. The highest BCUT2D eigenvalue weighted by Gasteiger charge is 2.08. The molecule has 18 heavy (non-hydrogen) atoms. The van der Waals surface area contributed by atoms with E-state index in [2.05, 4.69) is 10.3 Å². The van der Waals surface area contributed by atoms with Crippen LogP contribution in [0.25, 0.3) is 0 Å². The average molecular weight is 288 g/mol. The minimum absolute atomic E-state index is 0.0408. The van der Waals surface area contributed by atoms with Crippen molar-refractivity contribution in [2.45, 2.75) is 19.3 Å². The van der Waals surface area contributed by atoms with E-state index in [1.54, 1.807) is 11.8 Å². The third kappa shape index (κ3) is 5.50. The fraction of sp³-hybridized carbons (Fsp3) is 0.545. The van der Waals surface area contributed by atoms with Crippen LogP contribution < -0.4 is 5.32 Å². The van der Waals surface area contributed by atoms with Crippen LogP contribution in [0.15, 0.2) is 5.38 Å². The van der Waals surface area contributed by atoms with Gasteiger partial charge in [0.05, 0.1) is 5.01 Å². The molecular weight excluding hydrogens is 272 g/mol. The molecule has 0 saturated carbocycles. The van der Waals surface area contributed by atoms with Crippen molar-refractivity contribution in [1.29, 1.82) is 0 Å². The maximum atomic E-state index is 11.4. The van der Waals surface area contributed by atoms with E-state index < -0.39 is 5.97 Å². The Morgan fingerprint density at radius 2 is 2.33 bits per heavy atom. The van der Waals surface area contributed by atoms with E-state index in [1.165, 1.54) is 16.7 Å². The van der Waals surface area contributed by atoms with Gasteiger partial charge in [0.2, 0.25) is 5.91 Å². The third-order valence-corrected chi connectivity index (χ3v) is 3.79. The molecule has 7 heteroatoms. The van der Waals surface area contributed by atoms with Crippen molar-refractivity contribution in [3.63, 3.8) is 0 Å². The van der Waals surface area contributed by atoms with E-state index in [0.29, 0.717) is 19.4 Å². The summed E-state index contributed by atoms with van der Waals surface area (Å²) in [5.41, 5.74) is 0.0706. The Bertz CT molecular complexity index is 407. The fourth-order valence-electron chi connectivity index (χ4n) is 1.30. The van der Waals surface area contributed by atoms with Gasteiger partial charge in [-0.3, -0.25) is 4.79 Å². The van der Waals surface area contributed by atoms with Crippen LogP contribution in [-0.4, -0.2) is 40.5 Å². The summed E-state index contributed by atoms with van der Waals surface area (Å²) in [6, 6.07) is 0. The molecule has 0 aromatic carbocycles. The Morgan fingerprint density at radius 3 is 2.94 bits per heavy atom. The largest absolute Gasteiger partial charge is 0.476 e. The molecule has 0 aliphatic rings. The van der Waals surface area contributed by atoms with Crippen LogP contribution in [0.3, 0.4) is 0 Å². The molecule has 0 atom stereocenters. The van der Waals surface area contributed by atoms with Crippen LogP contribution in [0.4, 0.5) is 0 Å². The Hall–Kier alpha value is -1.08. The second-order valence-corrected chi connectivity index (χ2v) is 5.56. The Labute approximate surface area is 114 Å². The van der Waals surface area contributed by atoms with Gasteiger partial charge in [-0.1, -0.05) is 0 Å². The van der Waals surface area contributed by atoms with E-state index in [9.17, 15) is 9.59 Å². The predicted molar refractivity (Wildman–Crippen MR) is 73.4 cm³/mol. The van der Waals surface area contributed by atoms with Gasteiger partial charge in [-0.25, -0.2) is 9.78 Å². The molecule has 2 N–H and O–H groups in total. The van der Waals surface area contributed by atoms with Gasteiger partial charge >= 0.3 is 5.97 Å². The second-order valence-electron chi connectivity index (χ2n) is 3.63. The summed E-state index contributed by atoms with van der Waals surface area (Å²) >= 11 is 3.03. The molecule has 1 heterocycles. The molecular formula is C11H16N2O3S2. The highest BCUT2D eigenvalue weighted by Crippen LogP contribution is 2.09. The Balaban J connectivity index is 2.20. The van der Waals surface area contributed by atoms with E-state index in [4.69, 9.17) is 5.11 Å². The number of carbonyl (C=O) groups is 2. The van der Waals surface area contributed by atoms with Crippen LogP contribution in [0.1, 0.15) is 28.3 Å². The van der Waals surface area contributed by atoms with Gasteiger partial charge in [-0.15, -0.1) is 11.3 Å². The molecule has 1 aromatic rings. The molecule has 0 bridgehead atoms. The van der Waals surface area contributed by atoms with Crippen LogP contribution in [-0.2, 0) is 11.2 Å². The number of aromatic nitrogens is 1. The number of thioether (sulfide) groups is 1. The zero-order chi connectivity index (χ0) is 13.4. The smallest absolute Gasteiger partial charge is 0.355 e. The SMILES string of the molecule is CSCCCC(=O)NCCc1nc(C(=O)O)cs1. The number of nitrogens with one attached hydrogen (secondary N) is 1. The Kier molecular flexibility index (Phi) is 6.74. The number of carboxylic acids is 1. The molecule has 0 fully saturated rings. The molecule has 0 saturated heterocycles. The molecule has 5 nitrogen and oxygen atoms in total. The minimum Gasteiger partial charge on any atom is -0.476 e. The molecule has 1 amide bonds. The number of thiazole rings is 1. The van der Waals surface area contributed by atoms with Crippen molar-refractivity contribution >= 4 is 35.0 Å². The summed E-state index contributed by atoms with van der Waals surface area (Å²) in [5, 5.41) is 13.7. The first-order valence-corrected chi connectivity index (χ1v) is 7.84. The summed E-state index contributed by atoms with van der Waals surface area (Å²) in [5.74, 6) is 0.0136. The maximum Gasteiger partial charge on any atom is 0.355 e. The highest BCUT2D eigenvalue weighted by molar-refractivity contribution is 7.98. The number of hydrogen-bond acceptors (Lipinski definition) is 5. The first kappa shape index (κ1) is 15.0. The average Bonchev–Trinajstić information content (AvgIpc) is 2.78. The topological polar surface area (TPSA) is 79.3 Å². The maximum absolute atomic E-state index is 11.4. The molecule has 0 aliphatic carbocycles. The van der Waals surface area contributed by atoms with E-state index in [0.717, 1.165) is 17.2 Å². The number of aromatic carboxylic acids is 1. The summed E-state index contributed by atoms with van der Waals surface area (Å²) in [7, 11) is 0. The summed E-state index contributed by atoms with van der Waals surface area (Å²) in [6.07, 6.45) is 4.01. The van der Waals surface area contributed by atoms with Gasteiger partial charge in [0, 0.05) is 24.8 Å². The van der Waals surface area contributed by atoms with Crippen LogP contribution in [0, 0.1) is 0 Å². The number of carboxylic acid groups (broad SMARTS) is 1. The fourth-order valence-corrected chi connectivity index (χ4v) is 2.50. The van der Waals surface area contributed by atoms with Crippen molar-refractivity contribution in [3.8, 4) is 0 Å². The van der Waals surface area contributed by atoms with E-state index in [-0.39, 0.29) is 11.6 Å². The number of hydrogen-bond donors (Lipinski definition) is 2. The normalized spacial score (nSPS) is 10.3. The van der Waals surface area contributed by atoms with Gasteiger partial charge in [-0.2, -0.15) is 11.8 Å². The highest BCUT2D eigenvalue weighted by atomic mass is 32.2. The van der Waals surface area contributed by atoms with Crippen LogP contribution in [0.2, 0.25) is 0 Å². The van der Waals surface area contributed by atoms with Crippen molar-refractivity contribution in [1.82, 2.24) is 10.3 Å². The van der Waals surface area contributed by atoms with Gasteiger partial charge in [-0.05, 0) is 18.4 Å². The zero-order valence-electron chi connectivity index (χ0n) is 10.1. The van der Waals surface area contributed by atoms with Gasteiger partial charge in [0.1, 0.15) is 0 Å². The lowest BCUT2D eigenvalue weighted by Crippen LogP contribution is -2.25. The molecule has 100 valence electrons. The summed E-state index contributed by atoms with van der Waals surface area (Å²) in [4.78, 5) is 26.0. The number of nitrogens with zero attached hydrogens (tertiary/aromatic N) is 1. The molecule has 0 radical (unpaired) electrons. The first-order chi connectivity index (χ1) is 8.63. The van der Waals surface area contributed by atoms with E-state index >= 15 is 0 Å². The lowest BCUT2D eigenvalue weighted by atomic mass is 10.3. The third-order valence-electron chi connectivity index (χ3n) is 2.18. The standard InChI is InChI=1S/C11H16N2O3S2/c1-17-6-2-3-9(14)12-5-4-10-13-8(7-18-10)11(15)16/h7H,2-6H2,1H3,(H,12,14)(H,15,16). The van der Waals surface area contributed by atoms with E-state index in [1.807, 2.05) is 6.26 Å². The van der Waals surface area contributed by atoms with Crippen molar-refractivity contribution in [2.75, 3.05) is 18.6 Å². The lowest BCUT2D eigenvalue weighted by molar-refractivity contribution is -0.121. The number of amides is 1. The minimum atomic E-state index is -1.02. The lowest BCUT2D eigenvalue weighted by Gasteiger charge is -2.02. The van der Waals surface area contributed by atoms with Crippen LogP contribution in [0.5, 0.6) is 0 Å². The summed E-state index contributed by atoms with van der Waals surface area (Å²) < 4.78 is 0. The predicted octanol–water partition coefficient (Wildman–Crippen LogP) is 1.64. The molecule has 1 aromatic heterocycles. The van der Waals surface area contributed by atoms with Crippen molar-refractivity contribution < 1.29 is 14.7 Å². The van der Waals surface area contributed by atoms with Gasteiger partial charge in [0.25, 0.3) is 0 Å². The molecule has 0 aliphatic heterocycles. The molecule has 1 rings (SSSR count). The van der Waals surface area contributed by atoms with Crippen LogP contribution >= 0.6 is 23.1 Å². The molecule has 0 unspecified atom stereocenters. The zero-order valence-corrected chi connectivity index (χ0v) is 11.8.